The zero-order valence-corrected chi connectivity index (χ0v) is 11.1. The average molecular weight is 246 g/mol. The molecule has 0 atom stereocenters. The van der Waals surface area contributed by atoms with Crippen LogP contribution in [0.5, 0.6) is 0 Å². The highest BCUT2D eigenvalue weighted by atomic mass is 15.0. The Morgan fingerprint density at radius 3 is 2.68 bits per heavy atom. The van der Waals surface area contributed by atoms with Gasteiger partial charge in [-0.25, -0.2) is 0 Å². The summed E-state index contributed by atoms with van der Waals surface area (Å²) in [5, 5.41) is 2.74. The minimum atomic E-state index is 1.02. The van der Waals surface area contributed by atoms with E-state index < -0.39 is 0 Å². The summed E-state index contributed by atoms with van der Waals surface area (Å²) in [6.45, 7) is 3.23. The number of fused-ring (bicyclic) bond motifs is 5. The Bertz CT molecular complexity index is 787. The second kappa shape index (κ2) is 3.92. The molecule has 1 aliphatic rings. The van der Waals surface area contributed by atoms with Crippen molar-refractivity contribution in [2.75, 3.05) is 0 Å². The van der Waals surface area contributed by atoms with E-state index in [2.05, 4.69) is 66.2 Å². The zero-order chi connectivity index (χ0) is 12.8. The van der Waals surface area contributed by atoms with E-state index in [9.17, 15) is 0 Å². The fourth-order valence-corrected chi connectivity index (χ4v) is 3.26. The van der Waals surface area contributed by atoms with Crippen LogP contribution in [0.15, 0.2) is 54.7 Å². The molecule has 0 N–H and O–H groups in total. The summed E-state index contributed by atoms with van der Waals surface area (Å²) in [5.74, 6) is 0. The van der Waals surface area contributed by atoms with Gasteiger partial charge in [-0.1, -0.05) is 36.4 Å². The summed E-state index contributed by atoms with van der Waals surface area (Å²) in [7, 11) is 0. The third-order valence-electron chi connectivity index (χ3n) is 4.13. The Morgan fingerprint density at radius 1 is 1.00 bits per heavy atom. The lowest BCUT2D eigenvalue weighted by Crippen LogP contribution is -2.35. The summed E-state index contributed by atoms with van der Waals surface area (Å²) >= 11 is 0. The van der Waals surface area contributed by atoms with Gasteiger partial charge in [0.1, 0.15) is 6.54 Å². The van der Waals surface area contributed by atoms with Crippen molar-refractivity contribution in [1.82, 2.24) is 0 Å². The molecule has 0 aliphatic heterocycles. The molecular formula is C18H16N+. The molecule has 1 heterocycles. The van der Waals surface area contributed by atoms with Crippen molar-refractivity contribution in [3.8, 4) is 11.3 Å². The molecule has 0 radical (unpaired) electrons. The Morgan fingerprint density at radius 2 is 1.79 bits per heavy atom. The van der Waals surface area contributed by atoms with Gasteiger partial charge in [-0.15, -0.1) is 0 Å². The highest BCUT2D eigenvalue weighted by molar-refractivity contribution is 5.91. The first-order valence-electron chi connectivity index (χ1n) is 6.91. The van der Waals surface area contributed by atoms with E-state index in [1.165, 1.54) is 33.2 Å². The van der Waals surface area contributed by atoms with Gasteiger partial charge < -0.3 is 0 Å². The van der Waals surface area contributed by atoms with Crippen LogP contribution in [0.3, 0.4) is 0 Å². The maximum atomic E-state index is 2.39. The molecule has 4 rings (SSSR count). The Kier molecular flexibility index (Phi) is 2.22. The molecule has 92 valence electrons. The molecule has 1 aliphatic carbocycles. The molecule has 1 heteroatoms. The molecule has 0 unspecified atom stereocenters. The van der Waals surface area contributed by atoms with Crippen LogP contribution in [0.25, 0.3) is 22.0 Å². The van der Waals surface area contributed by atoms with Crippen molar-refractivity contribution in [3.05, 3.63) is 65.9 Å². The third-order valence-corrected chi connectivity index (χ3v) is 4.13. The number of aryl methyl sites for hydroxylation is 1. The van der Waals surface area contributed by atoms with E-state index in [4.69, 9.17) is 0 Å². The standard InChI is InChI=1S/C18H16N/c1-2-19-12-14-8-4-5-9-15(14)17-11-13-7-3-6-10-16(13)18(17)19/h3-10,12H,2,11H2,1H3/q+1. The molecule has 0 saturated heterocycles. The maximum Gasteiger partial charge on any atom is 0.216 e. The minimum Gasteiger partial charge on any atom is -0.198 e. The van der Waals surface area contributed by atoms with Crippen LogP contribution < -0.4 is 4.57 Å². The smallest absolute Gasteiger partial charge is 0.198 e. The van der Waals surface area contributed by atoms with Crippen LogP contribution in [0.4, 0.5) is 0 Å². The van der Waals surface area contributed by atoms with E-state index in [0.717, 1.165) is 13.0 Å². The van der Waals surface area contributed by atoms with Gasteiger partial charge in [0.25, 0.3) is 0 Å². The predicted octanol–water partition coefficient (Wildman–Crippen LogP) is 3.72. The number of rotatable bonds is 1. The largest absolute Gasteiger partial charge is 0.216 e. The van der Waals surface area contributed by atoms with E-state index in [1.807, 2.05) is 0 Å². The van der Waals surface area contributed by atoms with Gasteiger partial charge in [0.2, 0.25) is 5.69 Å². The van der Waals surface area contributed by atoms with Gasteiger partial charge in [-0.2, -0.15) is 4.57 Å². The highest BCUT2D eigenvalue weighted by Crippen LogP contribution is 2.37. The van der Waals surface area contributed by atoms with Gasteiger partial charge in [0, 0.05) is 22.9 Å². The normalized spacial score (nSPS) is 12.5. The third kappa shape index (κ3) is 1.45. The van der Waals surface area contributed by atoms with Crippen LogP contribution >= 0.6 is 0 Å². The molecule has 0 amide bonds. The number of hydrogen-bond donors (Lipinski definition) is 0. The highest BCUT2D eigenvalue weighted by Gasteiger charge is 2.28. The fraction of sp³-hybridized carbons (Fsp3) is 0.167. The molecule has 2 aromatic carbocycles. The van der Waals surface area contributed by atoms with Gasteiger partial charge in [-0.3, -0.25) is 0 Å². The van der Waals surface area contributed by atoms with Crippen LogP contribution in [0, 0.1) is 0 Å². The lowest BCUT2D eigenvalue weighted by Gasteiger charge is -2.05. The molecule has 1 aromatic heterocycles. The number of nitrogens with zero attached hydrogens (tertiary/aromatic N) is 1. The van der Waals surface area contributed by atoms with Crippen LogP contribution in [-0.2, 0) is 13.0 Å². The quantitative estimate of drug-likeness (QED) is 0.451. The summed E-state index contributed by atoms with van der Waals surface area (Å²) in [6, 6.07) is 17.5. The van der Waals surface area contributed by atoms with Crippen molar-refractivity contribution < 1.29 is 4.57 Å². The Labute approximate surface area is 113 Å². The first-order valence-corrected chi connectivity index (χ1v) is 6.91. The lowest BCUT2D eigenvalue weighted by atomic mass is 10.0. The summed E-state index contributed by atoms with van der Waals surface area (Å²) in [4.78, 5) is 0. The average Bonchev–Trinajstić information content (AvgIpc) is 2.86. The summed E-state index contributed by atoms with van der Waals surface area (Å²) in [6.07, 6.45) is 3.35. The monoisotopic (exact) mass is 246 g/mol. The van der Waals surface area contributed by atoms with E-state index >= 15 is 0 Å². The van der Waals surface area contributed by atoms with Crippen LogP contribution in [-0.4, -0.2) is 0 Å². The molecule has 0 spiro atoms. The van der Waals surface area contributed by atoms with Gasteiger partial charge in [0.05, 0.1) is 0 Å². The molecule has 3 aromatic rings. The topological polar surface area (TPSA) is 3.88 Å². The van der Waals surface area contributed by atoms with Crippen molar-refractivity contribution in [2.24, 2.45) is 0 Å². The van der Waals surface area contributed by atoms with Crippen LogP contribution in [0.2, 0.25) is 0 Å². The molecular weight excluding hydrogens is 230 g/mol. The van der Waals surface area contributed by atoms with Gasteiger partial charge >= 0.3 is 0 Å². The molecule has 1 nitrogen and oxygen atoms in total. The SMILES string of the molecule is CC[n+]1cc2ccccc2c2c1-c1ccccc1C2. The van der Waals surface area contributed by atoms with Gasteiger partial charge in [0.15, 0.2) is 6.20 Å². The number of pyridine rings is 1. The number of benzene rings is 2. The van der Waals surface area contributed by atoms with Gasteiger partial charge in [-0.05, 0) is 30.0 Å². The van der Waals surface area contributed by atoms with E-state index in [-0.39, 0.29) is 0 Å². The Balaban J connectivity index is 2.14. The number of hydrogen-bond acceptors (Lipinski definition) is 0. The number of aromatic nitrogens is 1. The van der Waals surface area contributed by atoms with E-state index in [1.54, 1.807) is 0 Å². The summed E-state index contributed by atoms with van der Waals surface area (Å²) in [5.41, 5.74) is 5.76. The summed E-state index contributed by atoms with van der Waals surface area (Å²) < 4.78 is 2.39. The van der Waals surface area contributed by atoms with Crippen molar-refractivity contribution in [1.29, 1.82) is 0 Å². The molecule has 19 heavy (non-hydrogen) atoms. The second-order valence-corrected chi connectivity index (χ2v) is 5.16. The van der Waals surface area contributed by atoms with Crippen molar-refractivity contribution in [2.45, 2.75) is 19.9 Å². The lowest BCUT2D eigenvalue weighted by molar-refractivity contribution is -0.681. The second-order valence-electron chi connectivity index (χ2n) is 5.16. The maximum absolute atomic E-state index is 2.39. The van der Waals surface area contributed by atoms with Crippen molar-refractivity contribution >= 4 is 10.8 Å². The molecule has 0 saturated carbocycles. The zero-order valence-electron chi connectivity index (χ0n) is 11.1. The molecule has 0 bridgehead atoms. The first kappa shape index (κ1) is 10.7. The van der Waals surface area contributed by atoms with E-state index in [0.29, 0.717) is 0 Å². The van der Waals surface area contributed by atoms with Crippen molar-refractivity contribution in [3.63, 3.8) is 0 Å². The fourth-order valence-electron chi connectivity index (χ4n) is 3.26. The minimum absolute atomic E-state index is 1.02. The first-order chi connectivity index (χ1) is 9.38. The molecule has 0 fully saturated rings. The van der Waals surface area contributed by atoms with Crippen LogP contribution in [0.1, 0.15) is 18.1 Å². The Hall–Kier alpha value is -2.15. The predicted molar refractivity (Wildman–Crippen MR) is 78.1 cm³/mol.